The first kappa shape index (κ1) is 23.6. The third-order valence-electron chi connectivity index (χ3n) is 4.86. The average Bonchev–Trinajstić information content (AvgIpc) is 3.13. The number of thiophene rings is 1. The van der Waals surface area contributed by atoms with Crippen LogP contribution in [0.3, 0.4) is 0 Å². The average molecular weight is 512 g/mol. The number of benzene rings is 1. The minimum absolute atomic E-state index is 0.256. The summed E-state index contributed by atoms with van der Waals surface area (Å²) in [6.07, 6.45) is 2.22. The molecular formula is C22H26BrNO6S. The smallest absolute Gasteiger partial charge is 0.351 e. The van der Waals surface area contributed by atoms with E-state index in [1.807, 2.05) is 24.3 Å². The molecule has 0 unspecified atom stereocenters. The molecule has 0 bridgehead atoms. The van der Waals surface area contributed by atoms with Crippen molar-refractivity contribution in [3.05, 3.63) is 33.6 Å². The summed E-state index contributed by atoms with van der Waals surface area (Å²) in [4.78, 5) is 25.1. The van der Waals surface area contributed by atoms with Crippen LogP contribution in [0.4, 0.5) is 0 Å². The van der Waals surface area contributed by atoms with Crippen LogP contribution in [0.25, 0.3) is 10.4 Å². The monoisotopic (exact) mass is 511 g/mol. The number of hydrogen-bond donors (Lipinski definition) is 1. The number of carbonyl (C=O) groups is 2. The predicted molar refractivity (Wildman–Crippen MR) is 122 cm³/mol. The second kappa shape index (κ2) is 11.5. The van der Waals surface area contributed by atoms with E-state index in [1.165, 1.54) is 18.4 Å². The number of hydrogen-bond acceptors (Lipinski definition) is 8. The van der Waals surface area contributed by atoms with Gasteiger partial charge in [0.25, 0.3) is 0 Å². The summed E-state index contributed by atoms with van der Waals surface area (Å²) in [5.74, 6) is 0.540. The SMILES string of the molecule is CCOC(=O)COc1c(C(=O)OC)sc(-c2cccc(OCC3CCNCC3)c2)c1Br. The summed E-state index contributed by atoms with van der Waals surface area (Å²) in [6, 6.07) is 7.71. The Morgan fingerprint density at radius 2 is 2.00 bits per heavy atom. The molecule has 1 saturated heterocycles. The summed E-state index contributed by atoms with van der Waals surface area (Å²) < 4.78 is 22.0. The van der Waals surface area contributed by atoms with Gasteiger partial charge in [0.15, 0.2) is 17.2 Å². The molecule has 1 aliphatic heterocycles. The molecule has 0 amide bonds. The van der Waals surface area contributed by atoms with Crippen LogP contribution in [0.2, 0.25) is 0 Å². The summed E-state index contributed by atoms with van der Waals surface area (Å²) in [5, 5.41) is 3.36. The van der Waals surface area contributed by atoms with E-state index >= 15 is 0 Å². The summed E-state index contributed by atoms with van der Waals surface area (Å²) in [7, 11) is 1.31. The Bertz CT molecular complexity index is 909. The first-order valence-corrected chi connectivity index (χ1v) is 11.8. The van der Waals surface area contributed by atoms with Gasteiger partial charge in [-0.3, -0.25) is 0 Å². The molecule has 9 heteroatoms. The van der Waals surface area contributed by atoms with E-state index in [0.29, 0.717) is 17.0 Å². The van der Waals surface area contributed by atoms with Gasteiger partial charge in [-0.1, -0.05) is 12.1 Å². The largest absolute Gasteiger partial charge is 0.493 e. The van der Waals surface area contributed by atoms with E-state index < -0.39 is 11.9 Å². The van der Waals surface area contributed by atoms with Crippen LogP contribution in [0, 0.1) is 5.92 Å². The fraction of sp³-hybridized carbons (Fsp3) is 0.455. The van der Waals surface area contributed by atoms with Gasteiger partial charge in [-0.2, -0.15) is 0 Å². The number of carbonyl (C=O) groups excluding carboxylic acids is 2. The Kier molecular flexibility index (Phi) is 8.74. The second-order valence-corrected chi connectivity index (χ2v) is 8.83. The van der Waals surface area contributed by atoms with Crippen LogP contribution in [0.1, 0.15) is 29.4 Å². The molecule has 1 fully saturated rings. The van der Waals surface area contributed by atoms with Crippen molar-refractivity contribution in [2.24, 2.45) is 5.92 Å². The van der Waals surface area contributed by atoms with E-state index in [4.69, 9.17) is 18.9 Å². The lowest BCUT2D eigenvalue weighted by Gasteiger charge is -2.22. The van der Waals surface area contributed by atoms with Crippen LogP contribution < -0.4 is 14.8 Å². The Morgan fingerprint density at radius 3 is 2.71 bits per heavy atom. The molecule has 0 radical (unpaired) electrons. The first-order valence-electron chi connectivity index (χ1n) is 10.2. The van der Waals surface area contributed by atoms with E-state index in [0.717, 1.165) is 42.1 Å². The lowest BCUT2D eigenvalue weighted by molar-refractivity contribution is -0.145. The molecule has 168 valence electrons. The maximum atomic E-state index is 12.3. The van der Waals surface area contributed by atoms with Gasteiger partial charge in [-0.05, 0) is 72.4 Å². The van der Waals surface area contributed by atoms with Gasteiger partial charge in [0.05, 0.1) is 29.7 Å². The lowest BCUT2D eigenvalue weighted by atomic mass is 9.99. The molecule has 0 spiro atoms. The Balaban J connectivity index is 1.80. The van der Waals surface area contributed by atoms with Crippen molar-refractivity contribution < 1.29 is 28.5 Å². The first-order chi connectivity index (χ1) is 15.0. The number of rotatable bonds is 9. The molecule has 1 aliphatic rings. The van der Waals surface area contributed by atoms with Crippen molar-refractivity contribution in [3.63, 3.8) is 0 Å². The van der Waals surface area contributed by atoms with Crippen molar-refractivity contribution in [3.8, 4) is 21.9 Å². The highest BCUT2D eigenvalue weighted by molar-refractivity contribution is 9.10. The van der Waals surface area contributed by atoms with E-state index in [9.17, 15) is 9.59 Å². The number of nitrogens with one attached hydrogen (secondary N) is 1. The Labute approximate surface area is 194 Å². The maximum absolute atomic E-state index is 12.3. The zero-order valence-corrected chi connectivity index (χ0v) is 20.0. The zero-order chi connectivity index (χ0) is 22.2. The molecule has 0 saturated carbocycles. The number of ether oxygens (including phenoxy) is 4. The molecule has 1 aromatic carbocycles. The fourth-order valence-corrected chi connectivity index (χ4v) is 5.23. The number of halogens is 1. The van der Waals surface area contributed by atoms with Crippen LogP contribution in [0.5, 0.6) is 11.5 Å². The molecule has 1 aromatic heterocycles. The molecule has 0 atom stereocenters. The summed E-state index contributed by atoms with van der Waals surface area (Å²) in [6.45, 7) is 4.41. The molecule has 0 aliphatic carbocycles. The second-order valence-electron chi connectivity index (χ2n) is 7.02. The number of esters is 2. The van der Waals surface area contributed by atoms with Crippen molar-refractivity contribution in [2.75, 3.05) is 40.0 Å². The summed E-state index contributed by atoms with van der Waals surface area (Å²) >= 11 is 4.76. The van der Waals surface area contributed by atoms with Gasteiger partial charge in [-0.15, -0.1) is 11.3 Å². The van der Waals surface area contributed by atoms with Crippen LogP contribution >= 0.6 is 27.3 Å². The Hall–Kier alpha value is -2.10. The van der Waals surface area contributed by atoms with Gasteiger partial charge in [0.2, 0.25) is 0 Å². The van der Waals surface area contributed by atoms with Gasteiger partial charge >= 0.3 is 11.9 Å². The molecule has 3 rings (SSSR count). The third kappa shape index (κ3) is 6.21. The van der Waals surface area contributed by atoms with Crippen LogP contribution in [-0.4, -0.2) is 52.0 Å². The van der Waals surface area contributed by atoms with Crippen LogP contribution in [0.15, 0.2) is 28.7 Å². The standard InChI is InChI=1S/C22H26BrNO6S/c1-3-28-17(25)13-30-19-18(23)20(31-21(19)22(26)27-2)15-5-4-6-16(11-15)29-12-14-7-9-24-10-8-14/h4-6,11,14,24H,3,7-10,12-13H2,1-2H3. The van der Waals surface area contributed by atoms with E-state index in [1.54, 1.807) is 6.92 Å². The van der Waals surface area contributed by atoms with Crippen molar-refractivity contribution in [1.29, 1.82) is 0 Å². The zero-order valence-electron chi connectivity index (χ0n) is 17.6. The van der Waals surface area contributed by atoms with Gasteiger partial charge in [0, 0.05) is 0 Å². The lowest BCUT2D eigenvalue weighted by Crippen LogP contribution is -2.30. The van der Waals surface area contributed by atoms with Crippen LogP contribution in [-0.2, 0) is 14.3 Å². The van der Waals surface area contributed by atoms with Gasteiger partial charge < -0.3 is 24.3 Å². The highest BCUT2D eigenvalue weighted by Gasteiger charge is 2.25. The highest BCUT2D eigenvalue weighted by atomic mass is 79.9. The predicted octanol–water partition coefficient (Wildman–Crippen LogP) is 4.28. The molecule has 1 N–H and O–H groups in total. The minimum Gasteiger partial charge on any atom is -0.493 e. The maximum Gasteiger partial charge on any atom is 0.351 e. The van der Waals surface area contributed by atoms with Crippen molar-refractivity contribution in [2.45, 2.75) is 19.8 Å². The van der Waals surface area contributed by atoms with Crippen molar-refractivity contribution >= 4 is 39.2 Å². The topological polar surface area (TPSA) is 83.1 Å². The van der Waals surface area contributed by atoms with E-state index in [2.05, 4.69) is 21.2 Å². The molecular weight excluding hydrogens is 486 g/mol. The van der Waals surface area contributed by atoms with Gasteiger partial charge in [-0.25, -0.2) is 9.59 Å². The van der Waals surface area contributed by atoms with Crippen molar-refractivity contribution in [1.82, 2.24) is 5.32 Å². The number of methoxy groups -OCH3 is 1. The third-order valence-corrected chi connectivity index (χ3v) is 7.08. The quantitative estimate of drug-likeness (QED) is 0.502. The summed E-state index contributed by atoms with van der Waals surface area (Å²) in [5.41, 5.74) is 0.871. The molecule has 31 heavy (non-hydrogen) atoms. The number of piperidine rings is 1. The normalized spacial score (nSPS) is 14.2. The molecule has 7 nitrogen and oxygen atoms in total. The minimum atomic E-state index is -0.533. The molecule has 2 aromatic rings. The molecule has 2 heterocycles. The van der Waals surface area contributed by atoms with E-state index in [-0.39, 0.29) is 23.8 Å². The fourth-order valence-electron chi connectivity index (χ4n) is 3.26. The Morgan fingerprint density at radius 1 is 1.23 bits per heavy atom. The van der Waals surface area contributed by atoms with Gasteiger partial charge in [0.1, 0.15) is 5.75 Å². The highest BCUT2D eigenvalue weighted by Crippen LogP contribution is 2.46.